The Hall–Kier alpha value is -4.11. The monoisotopic (exact) mass is 488 g/mol. The van der Waals surface area contributed by atoms with Crippen LogP contribution in [-0.4, -0.2) is 31.2 Å². The Morgan fingerprint density at radius 1 is 0.800 bits per heavy atom. The summed E-state index contributed by atoms with van der Waals surface area (Å²) in [5.74, 6) is 1.03. The van der Waals surface area contributed by atoms with Crippen LogP contribution < -0.4 is 22.1 Å². The van der Waals surface area contributed by atoms with E-state index >= 15 is 0 Å². The van der Waals surface area contributed by atoms with Crippen molar-refractivity contribution in [3.63, 3.8) is 0 Å². The fourth-order valence-corrected chi connectivity index (χ4v) is 4.32. The average Bonchev–Trinajstić information content (AvgIpc) is 2.83. The molecule has 0 spiro atoms. The van der Waals surface area contributed by atoms with Gasteiger partial charge < -0.3 is 22.1 Å². The maximum absolute atomic E-state index is 11.6. The van der Waals surface area contributed by atoms with Gasteiger partial charge in [0.2, 0.25) is 5.95 Å². The Kier molecular flexibility index (Phi) is 7.17. The van der Waals surface area contributed by atoms with E-state index in [2.05, 4.69) is 32.7 Å². The number of benzene rings is 3. The van der Waals surface area contributed by atoms with Crippen molar-refractivity contribution in [3.05, 3.63) is 90.0 Å². The van der Waals surface area contributed by atoms with Gasteiger partial charge in [-0.2, -0.15) is 9.97 Å². The molecule has 0 aliphatic rings. The molecule has 9 heteroatoms. The van der Waals surface area contributed by atoms with E-state index in [0.717, 1.165) is 23.2 Å². The highest BCUT2D eigenvalue weighted by atomic mass is 32.2. The van der Waals surface area contributed by atoms with E-state index in [-0.39, 0.29) is 5.95 Å². The largest absolute Gasteiger partial charge is 0.383 e. The van der Waals surface area contributed by atoms with Gasteiger partial charge in [-0.15, -0.1) is 0 Å². The van der Waals surface area contributed by atoms with Crippen LogP contribution in [-0.2, 0) is 22.8 Å². The van der Waals surface area contributed by atoms with Crippen molar-refractivity contribution in [3.8, 4) is 11.1 Å². The highest BCUT2D eigenvalue weighted by Gasteiger charge is 2.14. The summed E-state index contributed by atoms with van der Waals surface area (Å²) < 4.78 is 23.2. The molecule has 0 radical (unpaired) electrons. The van der Waals surface area contributed by atoms with Crippen molar-refractivity contribution in [2.75, 3.05) is 34.9 Å². The Balaban J connectivity index is 1.45. The van der Waals surface area contributed by atoms with Crippen molar-refractivity contribution < 1.29 is 8.42 Å². The highest BCUT2D eigenvalue weighted by Crippen LogP contribution is 2.32. The summed E-state index contributed by atoms with van der Waals surface area (Å²) in [6.07, 6.45) is 2.03. The van der Waals surface area contributed by atoms with Crippen LogP contribution in [0.25, 0.3) is 11.1 Å². The summed E-state index contributed by atoms with van der Waals surface area (Å²) in [4.78, 5) is 8.83. The Bertz CT molecular complexity index is 1390. The molecular formula is C26H28N6O2S. The zero-order chi connectivity index (χ0) is 24.8. The Morgan fingerprint density at radius 3 is 2.14 bits per heavy atom. The molecule has 0 bridgehead atoms. The highest BCUT2D eigenvalue weighted by molar-refractivity contribution is 7.90. The molecule has 0 aliphatic carbocycles. The number of nitrogens with zero attached hydrogens (tertiary/aromatic N) is 2. The van der Waals surface area contributed by atoms with E-state index in [4.69, 9.17) is 11.5 Å². The molecule has 3 aromatic carbocycles. The lowest BCUT2D eigenvalue weighted by atomic mass is 10.1. The lowest BCUT2D eigenvalue weighted by Gasteiger charge is -2.14. The van der Waals surface area contributed by atoms with E-state index in [9.17, 15) is 8.42 Å². The molecular weight excluding hydrogens is 460 g/mol. The standard InChI is InChI=1S/C26H28N6O2S/c1-35(33,34)22-13-7-19(8-14-22)17-30-21-11-9-20(10-12-21)23-24(27)31-26(28)32-25(23)29-16-15-18-5-3-2-4-6-18/h2-14,30H,15-17H2,1H3,(H5,27,28,29,31,32). The number of hydrogen-bond donors (Lipinski definition) is 4. The quantitative estimate of drug-likeness (QED) is 0.278. The van der Waals surface area contributed by atoms with Gasteiger partial charge in [0.15, 0.2) is 9.84 Å². The molecule has 0 atom stereocenters. The molecule has 0 fully saturated rings. The third-order valence-electron chi connectivity index (χ3n) is 5.52. The van der Waals surface area contributed by atoms with E-state index in [1.165, 1.54) is 11.8 Å². The van der Waals surface area contributed by atoms with Crippen molar-refractivity contribution in [2.24, 2.45) is 0 Å². The smallest absolute Gasteiger partial charge is 0.223 e. The fourth-order valence-electron chi connectivity index (χ4n) is 3.69. The first-order valence-electron chi connectivity index (χ1n) is 11.1. The van der Waals surface area contributed by atoms with E-state index in [1.807, 2.05) is 42.5 Å². The van der Waals surface area contributed by atoms with Crippen LogP contribution in [0, 0.1) is 0 Å². The number of nitrogen functional groups attached to an aromatic ring is 2. The number of sulfone groups is 1. The maximum atomic E-state index is 11.6. The van der Waals surface area contributed by atoms with Crippen molar-refractivity contribution in [1.29, 1.82) is 0 Å². The number of hydrogen-bond acceptors (Lipinski definition) is 8. The molecule has 4 aromatic rings. The topological polar surface area (TPSA) is 136 Å². The Labute approximate surface area is 205 Å². The average molecular weight is 489 g/mol. The van der Waals surface area contributed by atoms with Crippen LogP contribution in [0.15, 0.2) is 83.8 Å². The van der Waals surface area contributed by atoms with Crippen LogP contribution >= 0.6 is 0 Å². The molecule has 1 aromatic heterocycles. The molecule has 4 rings (SSSR count). The number of anilines is 4. The number of nitrogens with two attached hydrogens (primary N) is 2. The van der Waals surface area contributed by atoms with Gasteiger partial charge in [-0.3, -0.25) is 0 Å². The lowest BCUT2D eigenvalue weighted by molar-refractivity contribution is 0.602. The Morgan fingerprint density at radius 2 is 1.49 bits per heavy atom. The molecule has 180 valence electrons. The number of nitrogens with one attached hydrogen (secondary N) is 2. The lowest BCUT2D eigenvalue weighted by Crippen LogP contribution is -2.11. The molecule has 1 heterocycles. The minimum Gasteiger partial charge on any atom is -0.383 e. The summed E-state index contributed by atoms with van der Waals surface area (Å²) in [5, 5.41) is 6.69. The summed E-state index contributed by atoms with van der Waals surface area (Å²) in [6, 6.07) is 24.8. The second-order valence-electron chi connectivity index (χ2n) is 8.20. The molecule has 0 saturated heterocycles. The second-order valence-corrected chi connectivity index (χ2v) is 10.2. The fraction of sp³-hybridized carbons (Fsp3) is 0.154. The summed E-state index contributed by atoms with van der Waals surface area (Å²) >= 11 is 0. The van der Waals surface area contributed by atoms with Crippen LogP contribution in [0.3, 0.4) is 0 Å². The normalized spacial score (nSPS) is 11.2. The van der Waals surface area contributed by atoms with Crippen molar-refractivity contribution in [2.45, 2.75) is 17.9 Å². The summed E-state index contributed by atoms with van der Waals surface area (Å²) in [5.41, 5.74) is 16.8. The van der Waals surface area contributed by atoms with Gasteiger partial charge in [0.1, 0.15) is 11.6 Å². The van der Waals surface area contributed by atoms with E-state index in [0.29, 0.717) is 35.2 Å². The minimum atomic E-state index is -3.20. The van der Waals surface area contributed by atoms with Gasteiger partial charge in [-0.05, 0) is 47.4 Å². The number of aromatic nitrogens is 2. The van der Waals surface area contributed by atoms with E-state index in [1.54, 1.807) is 24.3 Å². The summed E-state index contributed by atoms with van der Waals surface area (Å²) in [7, 11) is -3.20. The van der Waals surface area contributed by atoms with Crippen LogP contribution in [0.1, 0.15) is 11.1 Å². The van der Waals surface area contributed by atoms with Gasteiger partial charge in [-0.1, -0.05) is 54.6 Å². The molecule has 0 amide bonds. The van der Waals surface area contributed by atoms with Crippen molar-refractivity contribution >= 4 is 33.1 Å². The maximum Gasteiger partial charge on any atom is 0.223 e. The van der Waals surface area contributed by atoms with Gasteiger partial charge in [0, 0.05) is 25.0 Å². The van der Waals surface area contributed by atoms with Gasteiger partial charge in [-0.25, -0.2) is 8.42 Å². The molecule has 0 unspecified atom stereocenters. The number of rotatable bonds is 9. The molecule has 0 aliphatic heterocycles. The van der Waals surface area contributed by atoms with Crippen LogP contribution in [0.4, 0.5) is 23.3 Å². The molecule has 8 nitrogen and oxygen atoms in total. The summed E-state index contributed by atoms with van der Waals surface area (Å²) in [6.45, 7) is 1.23. The van der Waals surface area contributed by atoms with Crippen molar-refractivity contribution in [1.82, 2.24) is 9.97 Å². The zero-order valence-electron chi connectivity index (χ0n) is 19.4. The van der Waals surface area contributed by atoms with Crippen LogP contribution in [0.5, 0.6) is 0 Å². The predicted molar refractivity (Wildman–Crippen MR) is 142 cm³/mol. The predicted octanol–water partition coefficient (Wildman–Crippen LogP) is 3.98. The zero-order valence-corrected chi connectivity index (χ0v) is 20.2. The van der Waals surface area contributed by atoms with Gasteiger partial charge in [0.25, 0.3) is 0 Å². The first-order valence-corrected chi connectivity index (χ1v) is 13.0. The second kappa shape index (κ2) is 10.4. The third-order valence-corrected chi connectivity index (χ3v) is 6.65. The van der Waals surface area contributed by atoms with E-state index < -0.39 is 9.84 Å². The van der Waals surface area contributed by atoms with Gasteiger partial charge in [0.05, 0.1) is 10.5 Å². The molecule has 0 saturated carbocycles. The third kappa shape index (κ3) is 6.27. The first kappa shape index (κ1) is 24.0. The molecule has 35 heavy (non-hydrogen) atoms. The van der Waals surface area contributed by atoms with Gasteiger partial charge >= 0.3 is 0 Å². The molecule has 6 N–H and O–H groups in total. The minimum absolute atomic E-state index is 0.119. The SMILES string of the molecule is CS(=O)(=O)c1ccc(CNc2ccc(-c3c(N)nc(N)nc3NCCc3ccccc3)cc2)cc1. The van der Waals surface area contributed by atoms with Crippen LogP contribution in [0.2, 0.25) is 0 Å². The first-order chi connectivity index (χ1) is 16.8.